The number of aryl methyl sites for hydroxylation is 1. The minimum absolute atomic E-state index is 0.213. The number of nitrogens with one attached hydrogen (secondary N) is 1. The van der Waals surface area contributed by atoms with Crippen molar-refractivity contribution in [3.63, 3.8) is 0 Å². The lowest BCUT2D eigenvalue weighted by atomic mass is 10.1. The quantitative estimate of drug-likeness (QED) is 0.875. The molecule has 1 aromatic heterocycles. The molecule has 1 aromatic rings. The SMILES string of the molecule is CCn1ncc(N2CC(C)NCC2C)c(Cl)c1=O. The van der Waals surface area contributed by atoms with E-state index in [1.807, 2.05) is 6.92 Å². The fraction of sp³-hybridized carbons (Fsp3) is 0.667. The Kier molecular flexibility index (Phi) is 3.92. The molecular formula is C12H19ClN4O. The van der Waals surface area contributed by atoms with Crippen molar-refractivity contribution in [1.29, 1.82) is 0 Å². The van der Waals surface area contributed by atoms with Gasteiger partial charge in [0.2, 0.25) is 0 Å². The van der Waals surface area contributed by atoms with Gasteiger partial charge in [0, 0.05) is 31.7 Å². The molecule has 1 aliphatic heterocycles. The highest BCUT2D eigenvalue weighted by Gasteiger charge is 2.25. The molecule has 0 aromatic carbocycles. The molecule has 0 saturated carbocycles. The molecule has 1 N–H and O–H groups in total. The molecule has 0 amide bonds. The molecule has 1 fully saturated rings. The van der Waals surface area contributed by atoms with Crippen molar-refractivity contribution in [2.45, 2.75) is 39.4 Å². The number of rotatable bonds is 2. The van der Waals surface area contributed by atoms with Gasteiger partial charge in [-0.3, -0.25) is 4.79 Å². The number of aromatic nitrogens is 2. The summed E-state index contributed by atoms with van der Waals surface area (Å²) >= 11 is 6.19. The van der Waals surface area contributed by atoms with Crippen molar-refractivity contribution >= 4 is 17.3 Å². The molecule has 6 heteroatoms. The molecule has 2 unspecified atom stereocenters. The van der Waals surface area contributed by atoms with Gasteiger partial charge in [-0.05, 0) is 20.8 Å². The van der Waals surface area contributed by atoms with Gasteiger partial charge in [0.05, 0.1) is 11.9 Å². The second kappa shape index (κ2) is 5.28. The maximum absolute atomic E-state index is 12.0. The number of hydrogen-bond acceptors (Lipinski definition) is 4. The van der Waals surface area contributed by atoms with E-state index in [1.165, 1.54) is 4.68 Å². The molecule has 1 saturated heterocycles. The van der Waals surface area contributed by atoms with Crippen molar-refractivity contribution < 1.29 is 0 Å². The van der Waals surface area contributed by atoms with Crippen molar-refractivity contribution in [3.05, 3.63) is 21.6 Å². The average Bonchev–Trinajstić information content (AvgIpc) is 2.36. The van der Waals surface area contributed by atoms with Crippen LogP contribution in [0.5, 0.6) is 0 Å². The molecule has 100 valence electrons. The number of hydrogen-bond donors (Lipinski definition) is 1. The first-order valence-electron chi connectivity index (χ1n) is 6.30. The van der Waals surface area contributed by atoms with Crippen molar-refractivity contribution in [2.75, 3.05) is 18.0 Å². The van der Waals surface area contributed by atoms with Gasteiger partial charge < -0.3 is 10.2 Å². The summed E-state index contributed by atoms with van der Waals surface area (Å²) in [5.74, 6) is 0. The first-order valence-corrected chi connectivity index (χ1v) is 6.68. The van der Waals surface area contributed by atoms with Crippen LogP contribution in [0.2, 0.25) is 5.02 Å². The standard InChI is InChI=1S/C12H19ClN4O/c1-4-17-12(18)11(13)10(6-15-17)16-7-8(2)14-5-9(16)3/h6,8-9,14H,4-5,7H2,1-3H3. The third kappa shape index (κ3) is 2.37. The Morgan fingerprint density at radius 1 is 1.56 bits per heavy atom. The topological polar surface area (TPSA) is 50.2 Å². The van der Waals surface area contributed by atoms with Crippen LogP contribution in [-0.2, 0) is 6.54 Å². The molecule has 0 aliphatic carbocycles. The van der Waals surface area contributed by atoms with Crippen LogP contribution in [0.4, 0.5) is 5.69 Å². The lowest BCUT2D eigenvalue weighted by molar-refractivity contribution is 0.424. The summed E-state index contributed by atoms with van der Waals surface area (Å²) in [5.41, 5.74) is 0.530. The Balaban J connectivity index is 2.38. The van der Waals surface area contributed by atoms with E-state index in [9.17, 15) is 4.79 Å². The third-order valence-corrected chi connectivity index (χ3v) is 3.70. The van der Waals surface area contributed by atoms with Crippen LogP contribution in [0.1, 0.15) is 20.8 Å². The predicted octanol–water partition coefficient (Wildman–Crippen LogP) is 1.10. The second-order valence-corrected chi connectivity index (χ2v) is 5.15. The maximum atomic E-state index is 12.0. The monoisotopic (exact) mass is 270 g/mol. The summed E-state index contributed by atoms with van der Waals surface area (Å²) in [6, 6.07) is 0.684. The van der Waals surface area contributed by atoms with Crippen LogP contribution in [-0.4, -0.2) is 35.0 Å². The zero-order chi connectivity index (χ0) is 13.3. The van der Waals surface area contributed by atoms with Gasteiger partial charge in [0.1, 0.15) is 5.02 Å². The highest BCUT2D eigenvalue weighted by atomic mass is 35.5. The number of halogens is 1. The van der Waals surface area contributed by atoms with Crippen LogP contribution in [0.25, 0.3) is 0 Å². The van der Waals surface area contributed by atoms with Gasteiger partial charge in [-0.25, -0.2) is 4.68 Å². The van der Waals surface area contributed by atoms with Gasteiger partial charge in [-0.2, -0.15) is 5.10 Å². The lowest BCUT2D eigenvalue weighted by Crippen LogP contribution is -2.54. The molecule has 18 heavy (non-hydrogen) atoms. The van der Waals surface area contributed by atoms with E-state index in [0.29, 0.717) is 18.6 Å². The van der Waals surface area contributed by atoms with Crippen LogP contribution < -0.4 is 15.8 Å². The van der Waals surface area contributed by atoms with Gasteiger partial charge >= 0.3 is 0 Å². The van der Waals surface area contributed by atoms with Gasteiger partial charge in [-0.15, -0.1) is 0 Å². The summed E-state index contributed by atoms with van der Waals surface area (Å²) < 4.78 is 1.38. The third-order valence-electron chi connectivity index (χ3n) is 3.34. The molecule has 5 nitrogen and oxygen atoms in total. The largest absolute Gasteiger partial charge is 0.363 e. The van der Waals surface area contributed by atoms with Crippen molar-refractivity contribution in [1.82, 2.24) is 15.1 Å². The molecule has 0 radical (unpaired) electrons. The molecule has 0 bridgehead atoms. The number of anilines is 1. The first kappa shape index (κ1) is 13.4. The van der Waals surface area contributed by atoms with E-state index in [-0.39, 0.29) is 10.6 Å². The van der Waals surface area contributed by atoms with Crippen molar-refractivity contribution in [2.24, 2.45) is 0 Å². The molecular weight excluding hydrogens is 252 g/mol. The smallest absolute Gasteiger partial charge is 0.287 e. The zero-order valence-corrected chi connectivity index (χ0v) is 11.7. The molecule has 2 atom stereocenters. The van der Waals surface area contributed by atoms with E-state index >= 15 is 0 Å². The summed E-state index contributed by atoms with van der Waals surface area (Å²) in [7, 11) is 0. The van der Waals surface area contributed by atoms with Crippen molar-refractivity contribution in [3.8, 4) is 0 Å². The summed E-state index contributed by atoms with van der Waals surface area (Å²) in [4.78, 5) is 14.1. The van der Waals surface area contributed by atoms with Crippen LogP contribution >= 0.6 is 11.6 Å². The Bertz CT molecular complexity index is 487. The fourth-order valence-corrected chi connectivity index (χ4v) is 2.49. The highest BCUT2D eigenvalue weighted by molar-refractivity contribution is 6.33. The first-order chi connectivity index (χ1) is 8.54. The summed E-state index contributed by atoms with van der Waals surface area (Å²) in [5, 5.41) is 7.82. The van der Waals surface area contributed by atoms with E-state index < -0.39 is 0 Å². The summed E-state index contributed by atoms with van der Waals surface area (Å²) in [6.07, 6.45) is 1.70. The normalized spacial score (nSPS) is 24.3. The minimum atomic E-state index is -0.213. The Labute approximate surface area is 112 Å². The average molecular weight is 271 g/mol. The predicted molar refractivity (Wildman–Crippen MR) is 73.5 cm³/mol. The fourth-order valence-electron chi connectivity index (χ4n) is 2.24. The van der Waals surface area contributed by atoms with E-state index in [0.717, 1.165) is 18.8 Å². The van der Waals surface area contributed by atoms with Gasteiger partial charge in [0.15, 0.2) is 0 Å². The Morgan fingerprint density at radius 3 is 2.94 bits per heavy atom. The lowest BCUT2D eigenvalue weighted by Gasteiger charge is -2.39. The maximum Gasteiger partial charge on any atom is 0.287 e. The van der Waals surface area contributed by atoms with Crippen LogP contribution in [0.3, 0.4) is 0 Å². The Hall–Kier alpha value is -1.07. The Morgan fingerprint density at radius 2 is 2.28 bits per heavy atom. The number of piperazine rings is 1. The van der Waals surface area contributed by atoms with Crippen LogP contribution in [0.15, 0.2) is 11.0 Å². The van der Waals surface area contributed by atoms with E-state index in [1.54, 1.807) is 6.20 Å². The molecule has 2 heterocycles. The van der Waals surface area contributed by atoms with Crippen LogP contribution in [0, 0.1) is 0 Å². The van der Waals surface area contributed by atoms with E-state index in [4.69, 9.17) is 11.6 Å². The molecule has 2 rings (SSSR count). The van der Waals surface area contributed by atoms with Gasteiger partial charge in [0.25, 0.3) is 5.56 Å². The molecule has 1 aliphatic rings. The zero-order valence-electron chi connectivity index (χ0n) is 11.0. The van der Waals surface area contributed by atoms with E-state index in [2.05, 4.69) is 29.2 Å². The molecule has 0 spiro atoms. The number of nitrogens with zero attached hydrogens (tertiary/aromatic N) is 3. The van der Waals surface area contributed by atoms with Gasteiger partial charge in [-0.1, -0.05) is 11.6 Å². The highest BCUT2D eigenvalue weighted by Crippen LogP contribution is 2.24. The minimum Gasteiger partial charge on any atom is -0.363 e. The summed E-state index contributed by atoms with van der Waals surface area (Å²) in [6.45, 7) is 8.35. The second-order valence-electron chi connectivity index (χ2n) is 4.78.